The molecular formula is C20H30N5O5P. The summed E-state index contributed by atoms with van der Waals surface area (Å²) in [7, 11) is -3.93. The summed E-state index contributed by atoms with van der Waals surface area (Å²) in [6, 6.07) is 0. The monoisotopic (exact) mass is 451 g/mol. The molecule has 0 spiro atoms. The fourth-order valence-electron chi connectivity index (χ4n) is 3.02. The van der Waals surface area contributed by atoms with Gasteiger partial charge in [0.1, 0.15) is 17.8 Å². The molecule has 0 bridgehead atoms. The smallest absolute Gasteiger partial charge is 0.333 e. The first-order chi connectivity index (χ1) is 14.2. The second kappa shape index (κ2) is 8.15. The number of rotatable bonds is 5. The summed E-state index contributed by atoms with van der Waals surface area (Å²) in [5.41, 5.74) is 6.36. The van der Waals surface area contributed by atoms with Crippen molar-refractivity contribution in [3.63, 3.8) is 0 Å². The van der Waals surface area contributed by atoms with E-state index < -0.39 is 36.8 Å². The maximum absolute atomic E-state index is 12.8. The molecule has 0 radical (unpaired) electrons. The number of nitrogens with zero attached hydrogens (tertiary/aromatic N) is 4. The normalized spacial score (nSPS) is 24.3. The zero-order chi connectivity index (χ0) is 23.2. The first kappa shape index (κ1) is 23.6. The van der Waals surface area contributed by atoms with Crippen molar-refractivity contribution in [2.45, 2.75) is 77.2 Å². The molecule has 3 rings (SSSR count). The number of imidazole rings is 1. The van der Waals surface area contributed by atoms with Crippen LogP contribution in [-0.4, -0.2) is 54.0 Å². The van der Waals surface area contributed by atoms with Gasteiger partial charge in [-0.25, -0.2) is 15.0 Å². The standard InChI is InChI=1S/C20H30N5O5P/c1-8-14-23-17(21)16-18(24-14)25(11-22-16)15-9-12(30-31(26,27)20(5,6)7)13(29-15)10-28-19(2,3)4/h1,11-13,15H,9-10H2,2-7H3,(H,26,27)(H2,21,23,24)/t12-,13+,15+/m0/s1. The molecule has 10 nitrogen and oxygen atoms in total. The molecule has 2 aromatic rings. The Morgan fingerprint density at radius 2 is 2.03 bits per heavy atom. The number of aromatic nitrogens is 4. The van der Waals surface area contributed by atoms with Crippen molar-refractivity contribution in [2.75, 3.05) is 12.3 Å². The van der Waals surface area contributed by atoms with Gasteiger partial charge in [-0.3, -0.25) is 9.13 Å². The van der Waals surface area contributed by atoms with Crippen LogP contribution in [0.2, 0.25) is 0 Å². The van der Waals surface area contributed by atoms with Crippen LogP contribution in [0, 0.1) is 12.3 Å². The van der Waals surface area contributed by atoms with E-state index in [0.29, 0.717) is 17.6 Å². The lowest BCUT2D eigenvalue weighted by Gasteiger charge is -2.30. The van der Waals surface area contributed by atoms with Gasteiger partial charge < -0.3 is 24.6 Å². The molecule has 1 aliphatic rings. The lowest BCUT2D eigenvalue weighted by atomic mass is 10.1. The molecule has 11 heteroatoms. The van der Waals surface area contributed by atoms with Gasteiger partial charge in [0.05, 0.1) is 29.8 Å². The van der Waals surface area contributed by atoms with Crippen LogP contribution in [0.25, 0.3) is 11.2 Å². The third-order valence-corrected chi connectivity index (χ3v) is 7.13. The van der Waals surface area contributed by atoms with E-state index in [1.807, 2.05) is 20.8 Å². The highest BCUT2D eigenvalue weighted by atomic mass is 31.2. The summed E-state index contributed by atoms with van der Waals surface area (Å²) in [5, 5.41) is -0.939. The number of anilines is 1. The van der Waals surface area contributed by atoms with Gasteiger partial charge in [0.2, 0.25) is 5.82 Å². The van der Waals surface area contributed by atoms with Crippen molar-refractivity contribution >= 4 is 24.6 Å². The zero-order valence-corrected chi connectivity index (χ0v) is 19.6. The number of fused-ring (bicyclic) bond motifs is 1. The van der Waals surface area contributed by atoms with Gasteiger partial charge in [-0.1, -0.05) is 0 Å². The van der Waals surface area contributed by atoms with E-state index >= 15 is 0 Å². The van der Waals surface area contributed by atoms with Crippen LogP contribution in [0.5, 0.6) is 0 Å². The largest absolute Gasteiger partial charge is 0.382 e. The molecule has 0 amide bonds. The van der Waals surface area contributed by atoms with Gasteiger partial charge >= 0.3 is 7.60 Å². The molecule has 1 fully saturated rings. The molecule has 31 heavy (non-hydrogen) atoms. The van der Waals surface area contributed by atoms with Gasteiger partial charge in [-0.15, -0.1) is 6.42 Å². The van der Waals surface area contributed by atoms with Gasteiger partial charge in [-0.2, -0.15) is 0 Å². The predicted octanol–water partition coefficient (Wildman–Crippen LogP) is 2.86. The zero-order valence-electron chi connectivity index (χ0n) is 18.7. The Kier molecular flexibility index (Phi) is 6.22. The molecule has 2 aromatic heterocycles. The minimum atomic E-state index is -3.93. The topological polar surface area (TPSA) is 135 Å². The molecule has 1 saturated heterocycles. The summed E-state index contributed by atoms with van der Waals surface area (Å²) in [6.07, 6.45) is 5.44. The third kappa shape index (κ3) is 5.08. The van der Waals surface area contributed by atoms with Gasteiger partial charge in [-0.05, 0) is 47.5 Å². The summed E-state index contributed by atoms with van der Waals surface area (Å²) in [4.78, 5) is 23.1. The molecule has 3 N–H and O–H groups in total. The van der Waals surface area contributed by atoms with Crippen LogP contribution in [0.3, 0.4) is 0 Å². The van der Waals surface area contributed by atoms with Crippen molar-refractivity contribution in [2.24, 2.45) is 0 Å². The number of nitrogens with two attached hydrogens (primary N) is 1. The van der Waals surface area contributed by atoms with E-state index in [2.05, 4.69) is 20.9 Å². The molecule has 0 aliphatic carbocycles. The molecule has 170 valence electrons. The van der Waals surface area contributed by atoms with Crippen molar-refractivity contribution < 1.29 is 23.5 Å². The summed E-state index contributed by atoms with van der Waals surface area (Å²) >= 11 is 0. The van der Waals surface area contributed by atoms with E-state index in [9.17, 15) is 9.46 Å². The SMILES string of the molecule is C#Cc1nc(N)c2ncn([C@H]3C[C@H](OP(=O)(O)C(C)(C)C)[C@@H](COC(C)(C)C)O3)c2n1. The van der Waals surface area contributed by atoms with Gasteiger partial charge in [0, 0.05) is 6.42 Å². The molecule has 0 saturated carbocycles. The lowest BCUT2D eigenvalue weighted by Crippen LogP contribution is -2.34. The minimum absolute atomic E-state index is 0.137. The molecular weight excluding hydrogens is 421 g/mol. The Balaban J connectivity index is 1.93. The predicted molar refractivity (Wildman–Crippen MR) is 116 cm³/mol. The van der Waals surface area contributed by atoms with Gasteiger partial charge in [0.15, 0.2) is 11.5 Å². The minimum Gasteiger partial charge on any atom is -0.382 e. The molecule has 1 aliphatic heterocycles. The maximum Gasteiger partial charge on any atom is 0.333 e. The first-order valence-corrected chi connectivity index (χ1v) is 11.6. The Morgan fingerprint density at radius 1 is 1.35 bits per heavy atom. The van der Waals surface area contributed by atoms with Gasteiger partial charge in [0.25, 0.3) is 0 Å². The van der Waals surface area contributed by atoms with Crippen LogP contribution < -0.4 is 5.73 Å². The van der Waals surface area contributed by atoms with Crippen LogP contribution in [0.4, 0.5) is 5.82 Å². The second-order valence-corrected chi connectivity index (χ2v) is 12.1. The van der Waals surface area contributed by atoms with E-state index in [4.69, 9.17) is 26.2 Å². The first-order valence-electron chi connectivity index (χ1n) is 9.99. The van der Waals surface area contributed by atoms with Crippen LogP contribution in [0.15, 0.2) is 6.33 Å². The second-order valence-electron chi connectivity index (χ2n) is 9.52. The number of terminal acetylenes is 1. The fourth-order valence-corrected chi connectivity index (χ4v) is 3.92. The quantitative estimate of drug-likeness (QED) is 0.520. The average molecular weight is 451 g/mol. The molecule has 3 heterocycles. The highest BCUT2D eigenvalue weighted by Gasteiger charge is 2.46. The number of nitrogen functional groups attached to an aromatic ring is 1. The maximum atomic E-state index is 12.8. The van der Waals surface area contributed by atoms with E-state index in [1.54, 1.807) is 25.3 Å². The van der Waals surface area contributed by atoms with Crippen molar-refractivity contribution in [1.82, 2.24) is 19.5 Å². The number of hydrogen-bond donors (Lipinski definition) is 2. The highest BCUT2D eigenvalue weighted by molar-refractivity contribution is 7.54. The van der Waals surface area contributed by atoms with E-state index in [1.165, 1.54) is 6.33 Å². The average Bonchev–Trinajstić information content (AvgIpc) is 3.22. The fraction of sp³-hybridized carbons (Fsp3) is 0.650. The van der Waals surface area contributed by atoms with Crippen molar-refractivity contribution in [1.29, 1.82) is 0 Å². The van der Waals surface area contributed by atoms with Crippen molar-refractivity contribution in [3.8, 4) is 12.3 Å². The Morgan fingerprint density at radius 3 is 2.61 bits per heavy atom. The summed E-state index contributed by atoms with van der Waals surface area (Å²) in [5.74, 6) is 2.68. The lowest BCUT2D eigenvalue weighted by molar-refractivity contribution is -0.0964. The van der Waals surface area contributed by atoms with E-state index in [0.717, 1.165) is 0 Å². The highest BCUT2D eigenvalue weighted by Crippen LogP contribution is 2.57. The number of hydrogen-bond acceptors (Lipinski definition) is 8. The van der Waals surface area contributed by atoms with Crippen LogP contribution in [0.1, 0.15) is 60.0 Å². The Labute approximate surface area is 182 Å². The van der Waals surface area contributed by atoms with Crippen LogP contribution >= 0.6 is 7.60 Å². The van der Waals surface area contributed by atoms with E-state index in [-0.39, 0.29) is 18.2 Å². The summed E-state index contributed by atoms with van der Waals surface area (Å²) < 4.78 is 32.3. The van der Waals surface area contributed by atoms with Crippen molar-refractivity contribution in [3.05, 3.63) is 12.2 Å². The molecule has 1 unspecified atom stereocenters. The Bertz CT molecular complexity index is 1050. The Hall–Kier alpha value is -2.02. The third-order valence-electron chi connectivity index (χ3n) is 4.87. The molecule has 0 aromatic carbocycles. The summed E-state index contributed by atoms with van der Waals surface area (Å²) in [6.45, 7) is 10.9. The molecule has 4 atom stereocenters. The number of ether oxygens (including phenoxy) is 2. The van der Waals surface area contributed by atoms with Crippen LogP contribution in [-0.2, 0) is 18.6 Å².